The van der Waals surface area contributed by atoms with Gasteiger partial charge < -0.3 is 20.0 Å². The Morgan fingerprint density at radius 2 is 2.18 bits per heavy atom. The largest absolute Gasteiger partial charge is 0.480 e. The molecule has 1 heterocycles. The Hall–Kier alpha value is -1.30. The number of rotatable bonds is 4. The molecule has 1 atom stereocenters. The summed E-state index contributed by atoms with van der Waals surface area (Å²) in [7, 11) is 1.49. The Balaban J connectivity index is 2.48. The Labute approximate surface area is 101 Å². The molecule has 2 N–H and O–H groups in total. The van der Waals surface area contributed by atoms with E-state index >= 15 is 0 Å². The first-order valence-electron chi connectivity index (χ1n) is 5.87. The van der Waals surface area contributed by atoms with Gasteiger partial charge in [0.2, 0.25) is 0 Å². The summed E-state index contributed by atoms with van der Waals surface area (Å²) >= 11 is 0. The minimum absolute atomic E-state index is 0.137. The van der Waals surface area contributed by atoms with Crippen molar-refractivity contribution in [2.45, 2.75) is 19.3 Å². The zero-order chi connectivity index (χ0) is 12.8. The van der Waals surface area contributed by atoms with Gasteiger partial charge in [-0.3, -0.25) is 4.79 Å². The number of hydrogen-bond acceptors (Lipinski definition) is 3. The molecule has 0 radical (unpaired) electrons. The first kappa shape index (κ1) is 13.8. The van der Waals surface area contributed by atoms with E-state index in [1.807, 2.05) is 0 Å². The summed E-state index contributed by atoms with van der Waals surface area (Å²) in [6, 6.07) is -0.241. The van der Waals surface area contributed by atoms with Crippen molar-refractivity contribution in [1.82, 2.24) is 9.80 Å². The fourth-order valence-corrected chi connectivity index (χ4v) is 2.17. The number of carboxylic acids is 1. The zero-order valence-corrected chi connectivity index (χ0v) is 10.1. The van der Waals surface area contributed by atoms with Crippen LogP contribution in [0.3, 0.4) is 0 Å². The van der Waals surface area contributed by atoms with Crippen LogP contribution >= 0.6 is 0 Å². The standard InChI is InChI=1S/C11H20N2O4/c1-12(8-10(15)16)11(17)13-5-2-3-9(7-13)4-6-14/h9,14H,2-8H2,1H3,(H,15,16). The van der Waals surface area contributed by atoms with E-state index in [1.54, 1.807) is 4.90 Å². The van der Waals surface area contributed by atoms with E-state index in [0.717, 1.165) is 12.8 Å². The number of aliphatic carboxylic acids is 1. The second kappa shape index (κ2) is 6.44. The second-order valence-corrected chi connectivity index (χ2v) is 4.50. The molecule has 6 nitrogen and oxygen atoms in total. The van der Waals surface area contributed by atoms with Gasteiger partial charge in [-0.2, -0.15) is 0 Å². The monoisotopic (exact) mass is 244 g/mol. The summed E-state index contributed by atoms with van der Waals surface area (Å²) in [6.07, 6.45) is 2.64. The van der Waals surface area contributed by atoms with Crippen molar-refractivity contribution < 1.29 is 19.8 Å². The Morgan fingerprint density at radius 1 is 1.47 bits per heavy atom. The molecule has 1 unspecified atom stereocenters. The van der Waals surface area contributed by atoms with Crippen LogP contribution in [0.15, 0.2) is 0 Å². The summed E-state index contributed by atoms with van der Waals surface area (Å²) in [6.45, 7) is 1.14. The number of carbonyl (C=O) groups excluding carboxylic acids is 1. The van der Waals surface area contributed by atoms with Gasteiger partial charge in [0.1, 0.15) is 6.54 Å². The number of nitrogens with zero attached hydrogens (tertiary/aromatic N) is 2. The van der Waals surface area contributed by atoms with Crippen LogP contribution in [0.2, 0.25) is 0 Å². The van der Waals surface area contributed by atoms with Crippen LogP contribution in [0.1, 0.15) is 19.3 Å². The summed E-state index contributed by atoms with van der Waals surface area (Å²) in [5.74, 6) is -0.680. The lowest BCUT2D eigenvalue weighted by molar-refractivity contribution is -0.137. The van der Waals surface area contributed by atoms with Crippen LogP contribution in [0.5, 0.6) is 0 Å². The quantitative estimate of drug-likeness (QED) is 0.741. The lowest BCUT2D eigenvalue weighted by atomic mass is 9.95. The molecule has 0 saturated carbocycles. The van der Waals surface area contributed by atoms with E-state index in [2.05, 4.69) is 0 Å². The lowest BCUT2D eigenvalue weighted by Crippen LogP contribution is -2.47. The van der Waals surface area contributed by atoms with E-state index in [4.69, 9.17) is 10.2 Å². The third-order valence-corrected chi connectivity index (χ3v) is 3.03. The number of piperidine rings is 1. The number of hydrogen-bond donors (Lipinski definition) is 2. The van der Waals surface area contributed by atoms with Gasteiger partial charge in [0.25, 0.3) is 0 Å². The number of carbonyl (C=O) groups is 2. The Morgan fingerprint density at radius 3 is 2.76 bits per heavy atom. The molecule has 0 aromatic heterocycles. The number of urea groups is 1. The van der Waals surface area contributed by atoms with Crippen LogP contribution in [0, 0.1) is 5.92 Å². The van der Waals surface area contributed by atoms with Gasteiger partial charge in [0.15, 0.2) is 0 Å². The highest BCUT2D eigenvalue weighted by molar-refractivity contribution is 5.79. The van der Waals surface area contributed by atoms with Crippen LogP contribution < -0.4 is 0 Å². The third kappa shape index (κ3) is 4.22. The molecule has 0 aromatic rings. The molecular weight excluding hydrogens is 224 g/mol. The molecule has 6 heteroatoms. The molecule has 17 heavy (non-hydrogen) atoms. The lowest BCUT2D eigenvalue weighted by Gasteiger charge is -2.34. The highest BCUT2D eigenvalue weighted by atomic mass is 16.4. The normalized spacial score (nSPS) is 20.1. The third-order valence-electron chi connectivity index (χ3n) is 3.03. The van der Waals surface area contributed by atoms with Crippen molar-refractivity contribution in [2.24, 2.45) is 5.92 Å². The maximum atomic E-state index is 11.9. The summed E-state index contributed by atoms with van der Waals surface area (Å²) in [4.78, 5) is 25.3. The predicted molar refractivity (Wildman–Crippen MR) is 61.7 cm³/mol. The van der Waals surface area contributed by atoms with Gasteiger partial charge >= 0.3 is 12.0 Å². The van der Waals surface area contributed by atoms with Crippen molar-refractivity contribution in [3.05, 3.63) is 0 Å². The molecule has 98 valence electrons. The maximum absolute atomic E-state index is 11.9. The van der Waals surface area contributed by atoms with Crippen molar-refractivity contribution in [3.8, 4) is 0 Å². The summed E-state index contributed by atoms with van der Waals surface area (Å²) in [5.41, 5.74) is 0. The van der Waals surface area contributed by atoms with E-state index < -0.39 is 5.97 Å². The van der Waals surface area contributed by atoms with Gasteiger partial charge in [-0.15, -0.1) is 0 Å². The molecule has 0 aliphatic carbocycles. The number of carboxylic acid groups (broad SMARTS) is 1. The molecule has 1 rings (SSSR count). The second-order valence-electron chi connectivity index (χ2n) is 4.50. The SMILES string of the molecule is CN(CC(=O)O)C(=O)N1CCCC(CCO)C1. The van der Waals surface area contributed by atoms with E-state index in [0.29, 0.717) is 25.4 Å². The molecular formula is C11H20N2O4. The number of likely N-dealkylation sites (N-methyl/N-ethyl adjacent to an activating group) is 1. The number of amides is 2. The summed E-state index contributed by atoms with van der Waals surface area (Å²) in [5, 5.41) is 17.5. The first-order valence-corrected chi connectivity index (χ1v) is 5.87. The van der Waals surface area contributed by atoms with Crippen molar-refractivity contribution >= 4 is 12.0 Å². The highest BCUT2D eigenvalue weighted by Gasteiger charge is 2.25. The van der Waals surface area contributed by atoms with E-state index in [-0.39, 0.29) is 19.2 Å². The smallest absolute Gasteiger partial charge is 0.323 e. The Kier molecular flexibility index (Phi) is 5.21. The molecule has 1 fully saturated rings. The average Bonchev–Trinajstić information content (AvgIpc) is 2.28. The molecule has 1 aliphatic heterocycles. The van der Waals surface area contributed by atoms with E-state index in [9.17, 15) is 9.59 Å². The van der Waals surface area contributed by atoms with Gasteiger partial charge in [0, 0.05) is 26.7 Å². The molecule has 0 spiro atoms. The summed E-state index contributed by atoms with van der Waals surface area (Å²) < 4.78 is 0. The van der Waals surface area contributed by atoms with E-state index in [1.165, 1.54) is 11.9 Å². The first-order chi connectivity index (χ1) is 8.04. The zero-order valence-electron chi connectivity index (χ0n) is 10.1. The molecule has 1 aliphatic rings. The maximum Gasteiger partial charge on any atom is 0.323 e. The van der Waals surface area contributed by atoms with Gasteiger partial charge in [-0.1, -0.05) is 0 Å². The molecule has 1 saturated heterocycles. The van der Waals surface area contributed by atoms with Crippen LogP contribution in [0.25, 0.3) is 0 Å². The fraction of sp³-hybridized carbons (Fsp3) is 0.818. The Bertz CT molecular complexity index is 281. The van der Waals surface area contributed by atoms with Crippen molar-refractivity contribution in [1.29, 1.82) is 0 Å². The van der Waals surface area contributed by atoms with Crippen LogP contribution in [0.4, 0.5) is 4.79 Å². The number of aliphatic hydroxyl groups is 1. The molecule has 0 bridgehead atoms. The molecule has 0 aromatic carbocycles. The van der Waals surface area contributed by atoms with Gasteiger partial charge in [-0.05, 0) is 25.2 Å². The van der Waals surface area contributed by atoms with Gasteiger partial charge in [0.05, 0.1) is 0 Å². The minimum Gasteiger partial charge on any atom is -0.480 e. The number of aliphatic hydroxyl groups excluding tert-OH is 1. The van der Waals surface area contributed by atoms with Crippen molar-refractivity contribution in [2.75, 3.05) is 33.3 Å². The fourth-order valence-electron chi connectivity index (χ4n) is 2.17. The molecule has 2 amide bonds. The van der Waals surface area contributed by atoms with Crippen LogP contribution in [-0.2, 0) is 4.79 Å². The topological polar surface area (TPSA) is 81.1 Å². The minimum atomic E-state index is -1.01. The highest BCUT2D eigenvalue weighted by Crippen LogP contribution is 2.19. The van der Waals surface area contributed by atoms with Crippen molar-refractivity contribution in [3.63, 3.8) is 0 Å². The van der Waals surface area contributed by atoms with Crippen LogP contribution in [-0.4, -0.2) is 65.3 Å². The average molecular weight is 244 g/mol. The number of likely N-dealkylation sites (tertiary alicyclic amines) is 1. The predicted octanol–water partition coefficient (Wildman–Crippen LogP) is 0.217. The van der Waals surface area contributed by atoms with Gasteiger partial charge in [-0.25, -0.2) is 4.79 Å².